The molecule has 3 aromatic rings. The number of rotatable bonds is 9. The maximum Gasteiger partial charge on any atom is 0.332 e. The average Bonchev–Trinajstić information content (AvgIpc) is 3.08. The van der Waals surface area contributed by atoms with Crippen molar-refractivity contribution >= 4 is 11.2 Å². The van der Waals surface area contributed by atoms with Crippen LogP contribution in [0.25, 0.3) is 11.2 Å². The van der Waals surface area contributed by atoms with E-state index in [-0.39, 0.29) is 17.9 Å². The first kappa shape index (κ1) is 21.0. The van der Waals surface area contributed by atoms with Crippen LogP contribution in [0.1, 0.15) is 24.7 Å². The van der Waals surface area contributed by atoms with Crippen molar-refractivity contribution in [3.8, 4) is 0 Å². The third-order valence-corrected chi connectivity index (χ3v) is 5.38. The number of aliphatic hydroxyl groups is 1. The second kappa shape index (κ2) is 9.19. The molecular formula is C21H29N5O3. The lowest BCUT2D eigenvalue weighted by Crippen LogP contribution is -2.37. The van der Waals surface area contributed by atoms with E-state index < -0.39 is 0 Å². The minimum Gasteiger partial charge on any atom is -0.395 e. The predicted octanol–water partition coefficient (Wildman–Crippen LogP) is 0.633. The number of hydrogen-bond donors (Lipinski definition) is 2. The molecule has 8 nitrogen and oxygen atoms in total. The van der Waals surface area contributed by atoms with E-state index in [1.54, 1.807) is 7.05 Å². The molecule has 0 aliphatic carbocycles. The SMILES string of the molecule is CCC(CNCCO)Cc1nc2c(c(=O)n(C)c(=O)n2C)n1Cc1ccccc1. The Hall–Kier alpha value is -2.71. The Bertz CT molecular complexity index is 1080. The third kappa shape index (κ3) is 4.33. The first-order valence-corrected chi connectivity index (χ1v) is 9.98. The van der Waals surface area contributed by atoms with Crippen LogP contribution in [-0.2, 0) is 27.1 Å². The molecule has 0 saturated heterocycles. The van der Waals surface area contributed by atoms with Crippen molar-refractivity contribution in [2.75, 3.05) is 19.7 Å². The normalized spacial score (nSPS) is 12.6. The van der Waals surface area contributed by atoms with Crippen LogP contribution in [0, 0.1) is 5.92 Å². The molecule has 0 bridgehead atoms. The molecule has 156 valence electrons. The van der Waals surface area contributed by atoms with Crippen molar-refractivity contribution in [2.24, 2.45) is 20.0 Å². The standard InChI is InChI=1S/C21H29N5O3/c1-4-15(13-22-10-11-27)12-17-23-19-18(20(28)25(3)21(29)24(19)2)26(17)14-16-8-6-5-7-9-16/h5-9,15,22,27H,4,10-14H2,1-3H3. The molecule has 2 N–H and O–H groups in total. The highest BCUT2D eigenvalue weighted by Crippen LogP contribution is 2.18. The van der Waals surface area contributed by atoms with Gasteiger partial charge in [0.15, 0.2) is 11.2 Å². The second-order valence-electron chi connectivity index (χ2n) is 7.38. The van der Waals surface area contributed by atoms with Crippen LogP contribution >= 0.6 is 0 Å². The summed E-state index contributed by atoms with van der Waals surface area (Å²) in [5.74, 6) is 1.09. The first-order valence-electron chi connectivity index (χ1n) is 9.98. The highest BCUT2D eigenvalue weighted by molar-refractivity contribution is 5.71. The Morgan fingerprint density at radius 1 is 1.14 bits per heavy atom. The summed E-state index contributed by atoms with van der Waals surface area (Å²) in [5, 5.41) is 12.3. The summed E-state index contributed by atoms with van der Waals surface area (Å²) in [6, 6.07) is 9.93. The summed E-state index contributed by atoms with van der Waals surface area (Å²) in [5.41, 5.74) is 1.23. The lowest BCUT2D eigenvalue weighted by Gasteiger charge is -2.16. The van der Waals surface area contributed by atoms with Gasteiger partial charge in [-0.1, -0.05) is 43.7 Å². The van der Waals surface area contributed by atoms with Crippen molar-refractivity contribution in [1.82, 2.24) is 24.0 Å². The van der Waals surface area contributed by atoms with Gasteiger partial charge in [0.2, 0.25) is 0 Å². The number of aliphatic hydroxyl groups excluding tert-OH is 1. The van der Waals surface area contributed by atoms with Crippen LogP contribution in [0.3, 0.4) is 0 Å². The Kier molecular flexibility index (Phi) is 6.66. The van der Waals surface area contributed by atoms with Gasteiger partial charge in [-0.2, -0.15) is 0 Å². The molecule has 1 aromatic carbocycles. The molecular weight excluding hydrogens is 370 g/mol. The second-order valence-corrected chi connectivity index (χ2v) is 7.38. The molecule has 0 radical (unpaired) electrons. The van der Waals surface area contributed by atoms with Crippen molar-refractivity contribution in [3.05, 3.63) is 62.6 Å². The number of nitrogens with one attached hydrogen (secondary N) is 1. The Labute approximate surface area is 169 Å². The molecule has 29 heavy (non-hydrogen) atoms. The summed E-state index contributed by atoms with van der Waals surface area (Å²) in [4.78, 5) is 30.0. The number of benzene rings is 1. The molecule has 8 heteroatoms. The smallest absolute Gasteiger partial charge is 0.332 e. The van der Waals surface area contributed by atoms with E-state index in [4.69, 9.17) is 10.1 Å². The molecule has 2 aromatic heterocycles. The summed E-state index contributed by atoms with van der Waals surface area (Å²) >= 11 is 0. The molecule has 0 aliphatic rings. The summed E-state index contributed by atoms with van der Waals surface area (Å²) < 4.78 is 4.52. The van der Waals surface area contributed by atoms with E-state index in [1.165, 1.54) is 11.6 Å². The summed E-state index contributed by atoms with van der Waals surface area (Å²) in [6.45, 7) is 4.03. The Morgan fingerprint density at radius 2 is 1.86 bits per heavy atom. The highest BCUT2D eigenvalue weighted by Gasteiger charge is 2.21. The van der Waals surface area contributed by atoms with Crippen LogP contribution < -0.4 is 16.6 Å². The fourth-order valence-corrected chi connectivity index (χ4v) is 3.59. The average molecular weight is 399 g/mol. The topological polar surface area (TPSA) is 94.1 Å². The minimum atomic E-state index is -0.380. The Balaban J connectivity index is 2.11. The van der Waals surface area contributed by atoms with E-state index in [0.717, 1.165) is 28.9 Å². The molecule has 0 saturated carbocycles. The maximum absolute atomic E-state index is 12.9. The van der Waals surface area contributed by atoms with E-state index in [2.05, 4.69) is 12.2 Å². The van der Waals surface area contributed by atoms with E-state index in [0.29, 0.717) is 36.6 Å². The van der Waals surface area contributed by atoms with Crippen LogP contribution in [0.4, 0.5) is 0 Å². The summed E-state index contributed by atoms with van der Waals surface area (Å²) in [6.07, 6.45) is 1.61. The van der Waals surface area contributed by atoms with E-state index in [9.17, 15) is 9.59 Å². The molecule has 0 fully saturated rings. The van der Waals surface area contributed by atoms with Gasteiger partial charge in [-0.25, -0.2) is 9.78 Å². The van der Waals surface area contributed by atoms with Gasteiger partial charge in [-0.05, 0) is 18.0 Å². The van der Waals surface area contributed by atoms with Crippen LogP contribution in [0.5, 0.6) is 0 Å². The quantitative estimate of drug-likeness (QED) is 0.515. The number of fused-ring (bicyclic) bond motifs is 1. The van der Waals surface area contributed by atoms with Gasteiger partial charge >= 0.3 is 5.69 Å². The molecule has 3 rings (SSSR count). The van der Waals surface area contributed by atoms with Gasteiger partial charge in [0, 0.05) is 33.6 Å². The van der Waals surface area contributed by atoms with Crippen LogP contribution in [0.15, 0.2) is 39.9 Å². The maximum atomic E-state index is 12.9. The number of aromatic nitrogens is 4. The lowest BCUT2D eigenvalue weighted by molar-refractivity contribution is 0.286. The van der Waals surface area contributed by atoms with Gasteiger partial charge in [0.1, 0.15) is 5.82 Å². The van der Waals surface area contributed by atoms with Gasteiger partial charge in [0.05, 0.1) is 6.61 Å². The monoisotopic (exact) mass is 399 g/mol. The fourth-order valence-electron chi connectivity index (χ4n) is 3.59. The zero-order valence-electron chi connectivity index (χ0n) is 17.3. The lowest BCUT2D eigenvalue weighted by atomic mass is 10.0. The number of imidazole rings is 1. The number of nitrogens with zero attached hydrogens (tertiary/aromatic N) is 4. The number of hydrogen-bond acceptors (Lipinski definition) is 5. The van der Waals surface area contributed by atoms with Crippen LogP contribution in [-0.4, -0.2) is 43.5 Å². The van der Waals surface area contributed by atoms with Crippen molar-refractivity contribution < 1.29 is 5.11 Å². The Morgan fingerprint density at radius 3 is 2.52 bits per heavy atom. The fraction of sp³-hybridized carbons (Fsp3) is 0.476. The molecule has 0 spiro atoms. The van der Waals surface area contributed by atoms with E-state index >= 15 is 0 Å². The van der Waals surface area contributed by atoms with Crippen LogP contribution in [0.2, 0.25) is 0 Å². The van der Waals surface area contributed by atoms with Gasteiger partial charge in [-0.3, -0.25) is 13.9 Å². The van der Waals surface area contributed by atoms with Crippen molar-refractivity contribution in [3.63, 3.8) is 0 Å². The number of aryl methyl sites for hydroxylation is 1. The predicted molar refractivity (Wildman–Crippen MR) is 113 cm³/mol. The van der Waals surface area contributed by atoms with Gasteiger partial charge in [0.25, 0.3) is 5.56 Å². The third-order valence-electron chi connectivity index (χ3n) is 5.38. The highest BCUT2D eigenvalue weighted by atomic mass is 16.3. The summed E-state index contributed by atoms with van der Waals surface area (Å²) in [7, 11) is 3.14. The van der Waals surface area contributed by atoms with Crippen molar-refractivity contribution in [2.45, 2.75) is 26.3 Å². The molecule has 1 unspecified atom stereocenters. The van der Waals surface area contributed by atoms with Gasteiger partial charge in [-0.15, -0.1) is 0 Å². The van der Waals surface area contributed by atoms with Crippen molar-refractivity contribution in [1.29, 1.82) is 0 Å². The first-order chi connectivity index (χ1) is 14.0. The van der Waals surface area contributed by atoms with E-state index in [1.807, 2.05) is 34.9 Å². The zero-order chi connectivity index (χ0) is 21.0. The molecule has 1 atom stereocenters. The largest absolute Gasteiger partial charge is 0.395 e. The molecule has 0 aliphatic heterocycles. The molecule has 2 heterocycles. The van der Waals surface area contributed by atoms with Gasteiger partial charge < -0.3 is 15.0 Å². The zero-order valence-corrected chi connectivity index (χ0v) is 17.3. The minimum absolute atomic E-state index is 0.0983. The molecule has 0 amide bonds.